The fourth-order valence-electron chi connectivity index (χ4n) is 7.52. The number of likely N-dealkylation sites (tertiary alicyclic amines) is 3. The number of hydrogen-bond donors (Lipinski definition) is 2. The van der Waals surface area contributed by atoms with Gasteiger partial charge >= 0.3 is 0 Å². The van der Waals surface area contributed by atoms with E-state index >= 15 is 0 Å². The van der Waals surface area contributed by atoms with Crippen LogP contribution in [0.3, 0.4) is 0 Å². The summed E-state index contributed by atoms with van der Waals surface area (Å²) in [6.45, 7) is 19.1. The lowest BCUT2D eigenvalue weighted by Crippen LogP contribution is -2.41. The van der Waals surface area contributed by atoms with E-state index in [-0.39, 0.29) is 30.1 Å². The fourth-order valence-corrected chi connectivity index (χ4v) is 7.52. The van der Waals surface area contributed by atoms with Gasteiger partial charge in [0.1, 0.15) is 35.1 Å². The van der Waals surface area contributed by atoms with Crippen LogP contribution >= 0.6 is 0 Å². The van der Waals surface area contributed by atoms with Gasteiger partial charge in [0.05, 0.1) is 0 Å². The molecule has 2 aromatic carbocycles. The van der Waals surface area contributed by atoms with Crippen molar-refractivity contribution in [2.45, 2.75) is 110 Å². The van der Waals surface area contributed by atoms with Crippen LogP contribution in [0.4, 0.5) is 0 Å². The van der Waals surface area contributed by atoms with Crippen LogP contribution in [0.15, 0.2) is 48.5 Å². The largest absolute Gasteiger partial charge is 0.490 e. The average Bonchev–Trinajstić information content (AvgIpc) is 3.92. The molecule has 3 aliphatic heterocycles. The first kappa shape index (κ1) is 37.7. The van der Waals surface area contributed by atoms with Crippen LogP contribution < -0.4 is 9.47 Å². The number of ether oxygens (including phenoxy) is 2. The first-order chi connectivity index (χ1) is 24.9. The lowest BCUT2D eigenvalue weighted by molar-refractivity contribution is 0.0748. The van der Waals surface area contributed by atoms with Gasteiger partial charge in [-0.2, -0.15) is 0 Å². The van der Waals surface area contributed by atoms with E-state index < -0.39 is 0 Å². The van der Waals surface area contributed by atoms with E-state index in [4.69, 9.17) is 9.47 Å². The number of amides is 2. The number of fused-ring (bicyclic) bond motifs is 2. The van der Waals surface area contributed by atoms with Crippen molar-refractivity contribution in [3.8, 4) is 11.5 Å². The first-order valence-electron chi connectivity index (χ1n) is 19.6. The molecule has 3 aliphatic rings. The van der Waals surface area contributed by atoms with Gasteiger partial charge in [-0.05, 0) is 129 Å². The third-order valence-electron chi connectivity index (χ3n) is 11.2. The van der Waals surface area contributed by atoms with E-state index in [0.29, 0.717) is 23.5 Å². The van der Waals surface area contributed by atoms with Crippen LogP contribution in [0.2, 0.25) is 0 Å². The van der Waals surface area contributed by atoms with Gasteiger partial charge in [0.15, 0.2) is 0 Å². The Morgan fingerprint density at radius 2 is 1.10 bits per heavy atom. The van der Waals surface area contributed by atoms with Crippen LogP contribution in [0.5, 0.6) is 11.5 Å². The fraction of sp³-hybridized carbons (Fsp3) is 0.571. The Bertz CT molecular complexity index is 1670. The molecule has 3 saturated heterocycles. The molecule has 0 radical (unpaired) electrons. The molecular formula is C42H60N6O4. The van der Waals surface area contributed by atoms with Crippen molar-refractivity contribution in [3.63, 3.8) is 0 Å². The van der Waals surface area contributed by atoms with E-state index in [1.165, 1.54) is 0 Å². The van der Waals surface area contributed by atoms with Gasteiger partial charge in [0.25, 0.3) is 11.8 Å². The molecule has 3 fully saturated rings. The highest BCUT2D eigenvalue weighted by molar-refractivity contribution is 5.99. The summed E-state index contributed by atoms with van der Waals surface area (Å²) in [4.78, 5) is 40.2. The van der Waals surface area contributed by atoms with E-state index in [1.54, 1.807) is 4.90 Å². The van der Waals surface area contributed by atoms with Crippen molar-refractivity contribution >= 4 is 33.6 Å². The van der Waals surface area contributed by atoms with Crippen molar-refractivity contribution in [2.24, 2.45) is 0 Å². The molecule has 10 nitrogen and oxygen atoms in total. The van der Waals surface area contributed by atoms with Crippen molar-refractivity contribution in [2.75, 3.05) is 46.3 Å². The third-order valence-corrected chi connectivity index (χ3v) is 11.2. The maximum absolute atomic E-state index is 12.6. The zero-order valence-electron chi connectivity index (χ0n) is 32.4. The molecule has 52 heavy (non-hydrogen) atoms. The molecule has 2 aromatic heterocycles. The molecule has 0 unspecified atom stereocenters. The van der Waals surface area contributed by atoms with Gasteiger partial charge in [0, 0.05) is 86.2 Å². The van der Waals surface area contributed by atoms with Crippen molar-refractivity contribution < 1.29 is 19.1 Å². The van der Waals surface area contributed by atoms with Crippen LogP contribution in [0, 0.1) is 0 Å². The molecule has 0 spiro atoms. The molecule has 5 heterocycles. The lowest BCUT2D eigenvalue weighted by Gasteiger charge is -2.34. The number of H-pyrrole nitrogens is 2. The second-order valence-electron chi connectivity index (χ2n) is 15.8. The Morgan fingerprint density at radius 3 is 1.54 bits per heavy atom. The number of piperidine rings is 2. The summed E-state index contributed by atoms with van der Waals surface area (Å²) >= 11 is 0. The maximum atomic E-state index is 12.6. The van der Waals surface area contributed by atoms with Gasteiger partial charge < -0.3 is 39.0 Å². The Kier molecular flexibility index (Phi) is 12.2. The highest BCUT2D eigenvalue weighted by Gasteiger charge is 2.25. The Labute approximate surface area is 309 Å². The minimum atomic E-state index is 0.0136. The van der Waals surface area contributed by atoms with Crippen LogP contribution in [0.1, 0.15) is 101 Å². The maximum Gasteiger partial charge on any atom is 0.270 e. The van der Waals surface area contributed by atoms with Crippen LogP contribution in [-0.4, -0.2) is 118 Å². The zero-order valence-corrected chi connectivity index (χ0v) is 32.4. The average molecular weight is 713 g/mol. The van der Waals surface area contributed by atoms with Gasteiger partial charge in [-0.1, -0.05) is 0 Å². The van der Waals surface area contributed by atoms with Crippen LogP contribution in [0.25, 0.3) is 21.8 Å². The number of nitrogens with zero attached hydrogens (tertiary/aromatic N) is 4. The summed E-state index contributed by atoms with van der Waals surface area (Å²) in [5.41, 5.74) is 3.27. The van der Waals surface area contributed by atoms with E-state index in [9.17, 15) is 9.59 Å². The molecule has 0 bridgehead atoms. The van der Waals surface area contributed by atoms with Crippen molar-refractivity contribution in [3.05, 3.63) is 59.9 Å². The number of aromatic nitrogens is 2. The number of carbonyl (C=O) groups excluding carboxylic acids is 2. The summed E-state index contributed by atoms with van der Waals surface area (Å²) in [7, 11) is 1.83. The molecule has 0 aliphatic carbocycles. The van der Waals surface area contributed by atoms with Crippen LogP contribution in [-0.2, 0) is 0 Å². The smallest absolute Gasteiger partial charge is 0.270 e. The molecule has 2 N–H and O–H groups in total. The number of aromatic amines is 2. The van der Waals surface area contributed by atoms with E-state index in [0.717, 1.165) is 111 Å². The summed E-state index contributed by atoms with van der Waals surface area (Å²) in [6.07, 6.45) is 7.05. The zero-order chi connectivity index (χ0) is 36.9. The topological polar surface area (TPSA) is 97.1 Å². The summed E-state index contributed by atoms with van der Waals surface area (Å²) < 4.78 is 12.4. The lowest BCUT2D eigenvalue weighted by atomic mass is 10.1. The summed E-state index contributed by atoms with van der Waals surface area (Å²) in [5, 5.41) is 2.06. The SMILES string of the molecule is CC(C)N1CCC(Oc2ccc3[nH]c(C(=O)N(C)C(C)C)cc3c2)CC1.CC(C)N1CCC(Oc2ccc3[nH]c(C(=O)N4CCCC4)cc3c2)CC1. The molecule has 2 amide bonds. The summed E-state index contributed by atoms with van der Waals surface area (Å²) in [6, 6.07) is 17.4. The molecule has 282 valence electrons. The standard InChI is InChI=1S/C21H29N3O2.C21H31N3O2/c1-15(2)23-11-7-17(8-12-23)26-18-5-6-19-16(13-18)14-20(22-19)21(25)24-9-3-4-10-24;1-14(2)23(5)21(25)20-13-16-12-18(6-7-19(16)22-20)26-17-8-10-24(11-9-17)15(3)4/h5-6,13-15,17,22H,3-4,7-12H2,1-2H3;6-7,12-15,17,22H,8-11H2,1-5H3. The Hall–Kier alpha value is -4.02. The monoisotopic (exact) mass is 712 g/mol. The molecule has 10 heteroatoms. The number of nitrogens with one attached hydrogen (secondary N) is 2. The highest BCUT2D eigenvalue weighted by Crippen LogP contribution is 2.27. The van der Waals surface area contributed by atoms with Gasteiger partial charge in [-0.15, -0.1) is 0 Å². The normalized spacial score (nSPS) is 18.1. The van der Waals surface area contributed by atoms with Crippen molar-refractivity contribution in [1.82, 2.24) is 29.6 Å². The second kappa shape index (κ2) is 16.8. The van der Waals surface area contributed by atoms with Gasteiger partial charge in [-0.3, -0.25) is 9.59 Å². The molecule has 0 atom stereocenters. The summed E-state index contributed by atoms with van der Waals surface area (Å²) in [5.74, 6) is 1.91. The Balaban J connectivity index is 0.000000179. The quantitative estimate of drug-likeness (QED) is 0.186. The van der Waals surface area contributed by atoms with Gasteiger partial charge in [-0.25, -0.2) is 0 Å². The molecular weight excluding hydrogens is 653 g/mol. The predicted octanol–water partition coefficient (Wildman–Crippen LogP) is 7.56. The van der Waals surface area contributed by atoms with E-state index in [1.807, 2.05) is 68.3 Å². The second-order valence-corrected chi connectivity index (χ2v) is 15.8. The van der Waals surface area contributed by atoms with Gasteiger partial charge in [0.2, 0.25) is 0 Å². The number of hydrogen-bond acceptors (Lipinski definition) is 6. The number of benzene rings is 2. The third kappa shape index (κ3) is 9.12. The number of rotatable bonds is 9. The first-order valence-corrected chi connectivity index (χ1v) is 19.6. The van der Waals surface area contributed by atoms with E-state index in [2.05, 4.69) is 53.5 Å². The molecule has 0 saturated carbocycles. The Morgan fingerprint density at radius 1 is 0.654 bits per heavy atom. The highest BCUT2D eigenvalue weighted by atomic mass is 16.5. The van der Waals surface area contributed by atoms with Crippen molar-refractivity contribution in [1.29, 1.82) is 0 Å². The predicted molar refractivity (Wildman–Crippen MR) is 210 cm³/mol. The minimum absolute atomic E-state index is 0.0136. The minimum Gasteiger partial charge on any atom is -0.490 e. The number of carbonyl (C=O) groups is 2. The molecule has 4 aromatic rings. The molecule has 7 rings (SSSR count).